The van der Waals surface area contributed by atoms with Crippen LogP contribution in [0.2, 0.25) is 0 Å². The van der Waals surface area contributed by atoms with Crippen LogP contribution in [0.25, 0.3) is 0 Å². The van der Waals surface area contributed by atoms with Crippen molar-refractivity contribution in [1.29, 1.82) is 0 Å². The third-order valence-corrected chi connectivity index (χ3v) is 2.48. The number of aliphatic hydroxyl groups is 1. The molecule has 2 unspecified atom stereocenters. The zero-order valence-corrected chi connectivity index (χ0v) is 9.46. The normalized spacial score (nSPS) is 23.5. The van der Waals surface area contributed by atoms with Crippen LogP contribution >= 0.6 is 12.4 Å². The van der Waals surface area contributed by atoms with Gasteiger partial charge in [0.05, 0.1) is 12.1 Å². The molecule has 0 aliphatic carbocycles. The molecule has 1 fully saturated rings. The Morgan fingerprint density at radius 2 is 2.14 bits per heavy atom. The molecule has 14 heavy (non-hydrogen) atoms. The summed E-state index contributed by atoms with van der Waals surface area (Å²) in [5.41, 5.74) is 5.71. The first kappa shape index (κ1) is 13.7. The number of aliphatic hydroxyl groups excluding tert-OH is 1. The van der Waals surface area contributed by atoms with E-state index in [1.807, 2.05) is 13.8 Å². The topological polar surface area (TPSA) is 66.6 Å². The maximum absolute atomic E-state index is 11.6. The number of hydrogen-bond donors (Lipinski definition) is 2. The Morgan fingerprint density at radius 1 is 1.57 bits per heavy atom. The van der Waals surface area contributed by atoms with Gasteiger partial charge in [0.1, 0.15) is 0 Å². The number of rotatable bonds is 2. The minimum Gasteiger partial charge on any atom is -0.391 e. The van der Waals surface area contributed by atoms with E-state index in [1.165, 1.54) is 0 Å². The van der Waals surface area contributed by atoms with Crippen LogP contribution in [-0.2, 0) is 4.79 Å². The molecule has 1 heterocycles. The van der Waals surface area contributed by atoms with Gasteiger partial charge in [-0.25, -0.2) is 0 Å². The van der Waals surface area contributed by atoms with E-state index in [9.17, 15) is 9.90 Å². The van der Waals surface area contributed by atoms with Gasteiger partial charge in [-0.15, -0.1) is 12.4 Å². The van der Waals surface area contributed by atoms with Crippen molar-refractivity contribution < 1.29 is 9.90 Å². The number of nitrogens with zero attached hydrogens (tertiary/aromatic N) is 1. The molecule has 5 heteroatoms. The van der Waals surface area contributed by atoms with Gasteiger partial charge in [-0.1, -0.05) is 13.8 Å². The van der Waals surface area contributed by atoms with Crippen LogP contribution in [-0.4, -0.2) is 41.1 Å². The quantitative estimate of drug-likeness (QED) is 0.691. The summed E-state index contributed by atoms with van der Waals surface area (Å²) >= 11 is 0. The smallest absolute Gasteiger partial charge is 0.239 e. The molecule has 84 valence electrons. The lowest BCUT2D eigenvalue weighted by Gasteiger charge is -2.22. The molecule has 0 aromatic rings. The van der Waals surface area contributed by atoms with Crippen molar-refractivity contribution in [3.05, 3.63) is 0 Å². The highest BCUT2D eigenvalue weighted by Crippen LogP contribution is 2.12. The number of amides is 1. The van der Waals surface area contributed by atoms with Gasteiger partial charge in [0.15, 0.2) is 0 Å². The molecule has 4 nitrogen and oxygen atoms in total. The molecule has 0 spiro atoms. The van der Waals surface area contributed by atoms with E-state index in [0.29, 0.717) is 19.5 Å². The summed E-state index contributed by atoms with van der Waals surface area (Å²) in [5.74, 6) is 0.122. The summed E-state index contributed by atoms with van der Waals surface area (Å²) < 4.78 is 0. The molecule has 0 aromatic carbocycles. The molecule has 0 bridgehead atoms. The van der Waals surface area contributed by atoms with E-state index in [-0.39, 0.29) is 30.3 Å². The SMILES string of the molecule is CC(C)C(N)C(=O)N1CCC(O)C1.Cl. The molecular weight excluding hydrogens is 204 g/mol. The maximum Gasteiger partial charge on any atom is 0.239 e. The molecule has 0 saturated carbocycles. The number of β-amino-alcohol motifs (C(OH)–C–C–N with tert-alkyl or cyclic N) is 1. The molecule has 1 saturated heterocycles. The van der Waals surface area contributed by atoms with Crippen LogP contribution in [0, 0.1) is 5.92 Å². The highest BCUT2D eigenvalue weighted by Gasteiger charge is 2.29. The Balaban J connectivity index is 0.00000169. The van der Waals surface area contributed by atoms with Crippen molar-refractivity contribution in [2.45, 2.75) is 32.4 Å². The van der Waals surface area contributed by atoms with E-state index in [2.05, 4.69) is 0 Å². The minimum absolute atomic E-state index is 0. The van der Waals surface area contributed by atoms with Crippen LogP contribution in [0.1, 0.15) is 20.3 Å². The Hall–Kier alpha value is -0.320. The fourth-order valence-electron chi connectivity index (χ4n) is 1.44. The molecular formula is C9H19ClN2O2. The number of carbonyl (C=O) groups excluding carboxylic acids is 1. The second kappa shape index (κ2) is 5.53. The van der Waals surface area contributed by atoms with Crippen LogP contribution in [0.4, 0.5) is 0 Å². The minimum atomic E-state index is -0.426. The summed E-state index contributed by atoms with van der Waals surface area (Å²) in [6, 6.07) is -0.426. The van der Waals surface area contributed by atoms with E-state index < -0.39 is 6.04 Å². The molecule has 0 radical (unpaired) electrons. The average molecular weight is 223 g/mol. The molecule has 2 atom stereocenters. The second-order valence-corrected chi connectivity index (χ2v) is 4.00. The third-order valence-electron chi connectivity index (χ3n) is 2.48. The van der Waals surface area contributed by atoms with Gasteiger partial charge in [0.2, 0.25) is 5.91 Å². The standard InChI is InChI=1S/C9H18N2O2.ClH/c1-6(2)8(10)9(13)11-4-3-7(12)5-11;/h6-8,12H,3-5,10H2,1-2H3;1H. The van der Waals surface area contributed by atoms with Gasteiger partial charge in [0, 0.05) is 13.1 Å². The van der Waals surface area contributed by atoms with E-state index in [1.54, 1.807) is 4.90 Å². The highest BCUT2D eigenvalue weighted by molar-refractivity contribution is 5.85. The van der Waals surface area contributed by atoms with Crippen molar-refractivity contribution in [3.8, 4) is 0 Å². The molecule has 1 rings (SSSR count). The number of carbonyl (C=O) groups is 1. The molecule has 1 aliphatic rings. The van der Waals surface area contributed by atoms with E-state index in [0.717, 1.165) is 0 Å². The summed E-state index contributed by atoms with van der Waals surface area (Å²) in [6.45, 7) is 4.93. The highest BCUT2D eigenvalue weighted by atomic mass is 35.5. The zero-order chi connectivity index (χ0) is 10.0. The Kier molecular flexibility index (Phi) is 5.41. The lowest BCUT2D eigenvalue weighted by atomic mass is 10.0. The third kappa shape index (κ3) is 3.12. The maximum atomic E-state index is 11.6. The number of nitrogens with two attached hydrogens (primary N) is 1. The lowest BCUT2D eigenvalue weighted by molar-refractivity contribution is -0.132. The van der Waals surface area contributed by atoms with Crippen molar-refractivity contribution in [2.75, 3.05) is 13.1 Å². The van der Waals surface area contributed by atoms with E-state index in [4.69, 9.17) is 5.73 Å². The first-order valence-corrected chi connectivity index (χ1v) is 4.74. The molecule has 1 aliphatic heterocycles. The Labute approximate surface area is 90.9 Å². The molecule has 3 N–H and O–H groups in total. The van der Waals surface area contributed by atoms with Crippen LogP contribution in [0.15, 0.2) is 0 Å². The predicted molar refractivity (Wildman–Crippen MR) is 57.3 cm³/mol. The predicted octanol–water partition coefficient (Wildman–Crippen LogP) is -0.0153. The summed E-state index contributed by atoms with van der Waals surface area (Å²) in [4.78, 5) is 13.3. The zero-order valence-electron chi connectivity index (χ0n) is 8.64. The summed E-state index contributed by atoms with van der Waals surface area (Å²) in [7, 11) is 0. The van der Waals surface area contributed by atoms with Crippen molar-refractivity contribution in [1.82, 2.24) is 4.90 Å². The number of halogens is 1. The van der Waals surface area contributed by atoms with Gasteiger partial charge in [-0.3, -0.25) is 4.79 Å². The second-order valence-electron chi connectivity index (χ2n) is 4.00. The van der Waals surface area contributed by atoms with Crippen molar-refractivity contribution in [3.63, 3.8) is 0 Å². The van der Waals surface area contributed by atoms with Gasteiger partial charge in [-0.05, 0) is 12.3 Å². The molecule has 0 aromatic heterocycles. The number of likely N-dealkylation sites (tertiary alicyclic amines) is 1. The monoisotopic (exact) mass is 222 g/mol. The summed E-state index contributed by atoms with van der Waals surface area (Å²) in [5, 5.41) is 9.23. The van der Waals surface area contributed by atoms with Gasteiger partial charge in [0.25, 0.3) is 0 Å². The first-order chi connectivity index (χ1) is 6.02. The Bertz CT molecular complexity index is 199. The van der Waals surface area contributed by atoms with Crippen molar-refractivity contribution in [2.24, 2.45) is 11.7 Å². The van der Waals surface area contributed by atoms with Crippen molar-refractivity contribution >= 4 is 18.3 Å². The average Bonchev–Trinajstić information content (AvgIpc) is 2.49. The molecule has 1 amide bonds. The largest absolute Gasteiger partial charge is 0.391 e. The van der Waals surface area contributed by atoms with Gasteiger partial charge >= 0.3 is 0 Å². The van der Waals surface area contributed by atoms with Crippen LogP contribution in [0.5, 0.6) is 0 Å². The fraction of sp³-hybridized carbons (Fsp3) is 0.889. The Morgan fingerprint density at radius 3 is 2.50 bits per heavy atom. The van der Waals surface area contributed by atoms with Crippen LogP contribution < -0.4 is 5.73 Å². The van der Waals surface area contributed by atoms with Gasteiger partial charge in [-0.2, -0.15) is 0 Å². The summed E-state index contributed by atoms with van der Waals surface area (Å²) in [6.07, 6.45) is 0.319. The van der Waals surface area contributed by atoms with E-state index >= 15 is 0 Å². The fourth-order valence-corrected chi connectivity index (χ4v) is 1.44. The van der Waals surface area contributed by atoms with Gasteiger partial charge < -0.3 is 15.7 Å². The first-order valence-electron chi connectivity index (χ1n) is 4.74. The number of hydrogen-bond acceptors (Lipinski definition) is 3. The van der Waals surface area contributed by atoms with Crippen LogP contribution in [0.3, 0.4) is 0 Å². The lowest BCUT2D eigenvalue weighted by Crippen LogP contribution is -2.45.